The molecule has 7 rings (SSSR count). The quantitative estimate of drug-likeness (QED) is 0.227. The number of ketones is 3. The molecule has 0 N–H and O–H groups in total. The first kappa shape index (κ1) is 25.0. The fourth-order valence-corrected chi connectivity index (χ4v) is 7.12. The van der Waals surface area contributed by atoms with Crippen LogP contribution in [0, 0.1) is 5.41 Å². The van der Waals surface area contributed by atoms with E-state index < -0.39 is 23.4 Å². The summed E-state index contributed by atoms with van der Waals surface area (Å²) in [4.78, 5) is 46.3. The van der Waals surface area contributed by atoms with Crippen molar-refractivity contribution in [3.8, 4) is 11.5 Å². The number of carbonyl (C=O) groups is 3. The van der Waals surface area contributed by atoms with Crippen LogP contribution in [0.3, 0.4) is 0 Å². The van der Waals surface area contributed by atoms with Gasteiger partial charge in [0, 0.05) is 33.9 Å². The number of fused-ring (bicyclic) bond motifs is 5. The lowest BCUT2D eigenvalue weighted by atomic mass is 9.64. The Morgan fingerprint density at radius 3 is 2.12 bits per heavy atom. The first-order chi connectivity index (χ1) is 20.0. The molecule has 202 valence electrons. The molecule has 0 radical (unpaired) electrons. The van der Waals surface area contributed by atoms with Crippen molar-refractivity contribution in [2.75, 3.05) is 19.1 Å². The van der Waals surface area contributed by atoms with Gasteiger partial charge in [-0.15, -0.1) is 0 Å². The van der Waals surface area contributed by atoms with Crippen molar-refractivity contribution in [2.45, 2.75) is 18.0 Å². The van der Waals surface area contributed by atoms with Gasteiger partial charge in [0.15, 0.2) is 17.3 Å². The number of hydrogen-bond donors (Lipinski definition) is 0. The summed E-state index contributed by atoms with van der Waals surface area (Å²) in [6, 6.07) is 27.5. The molecule has 2 aliphatic heterocycles. The predicted molar refractivity (Wildman–Crippen MR) is 156 cm³/mol. The number of hydrogen-bond acceptors (Lipinski definition) is 6. The van der Waals surface area contributed by atoms with Gasteiger partial charge in [-0.3, -0.25) is 14.4 Å². The van der Waals surface area contributed by atoms with Crippen molar-refractivity contribution in [3.63, 3.8) is 0 Å². The van der Waals surface area contributed by atoms with Gasteiger partial charge in [-0.25, -0.2) is 0 Å². The largest absolute Gasteiger partial charge is 0.497 e. The average Bonchev–Trinajstić information content (AvgIpc) is 3.46. The summed E-state index contributed by atoms with van der Waals surface area (Å²) >= 11 is 0. The zero-order chi connectivity index (χ0) is 28.3. The van der Waals surface area contributed by atoms with E-state index in [0.717, 1.165) is 11.3 Å². The van der Waals surface area contributed by atoms with Crippen LogP contribution in [0.25, 0.3) is 6.08 Å². The molecule has 4 aromatic rings. The minimum absolute atomic E-state index is 0.177. The number of Topliss-reactive ketones (excluding diaryl/α,β-unsaturated/α-hetero) is 3. The highest BCUT2D eigenvalue weighted by atomic mass is 16.5. The SMILES string of the molecule is COc1ccc(OC)c(C2C(C(=O)c3ccccc3)N3c4ccccc4C=CC3C23C(=O)c2ccccc2C3=O)c1. The zero-order valence-corrected chi connectivity index (χ0v) is 22.6. The topological polar surface area (TPSA) is 72.9 Å². The first-order valence-electron chi connectivity index (χ1n) is 13.6. The Morgan fingerprint density at radius 1 is 0.780 bits per heavy atom. The van der Waals surface area contributed by atoms with Gasteiger partial charge in [0.05, 0.1) is 20.3 Å². The van der Waals surface area contributed by atoms with Crippen LogP contribution >= 0.6 is 0 Å². The van der Waals surface area contributed by atoms with Gasteiger partial charge in [0.1, 0.15) is 23.0 Å². The van der Waals surface area contributed by atoms with E-state index in [4.69, 9.17) is 9.47 Å². The van der Waals surface area contributed by atoms with Gasteiger partial charge in [0.25, 0.3) is 0 Å². The number of para-hydroxylation sites is 1. The Balaban J connectivity index is 1.59. The van der Waals surface area contributed by atoms with Gasteiger partial charge in [-0.05, 0) is 29.8 Å². The van der Waals surface area contributed by atoms with Crippen molar-refractivity contribution in [1.82, 2.24) is 0 Å². The second kappa shape index (κ2) is 9.30. The summed E-state index contributed by atoms with van der Waals surface area (Å²) in [6.07, 6.45) is 3.87. The second-order valence-electron chi connectivity index (χ2n) is 10.6. The molecule has 1 spiro atoms. The Bertz CT molecular complexity index is 1720. The Kier molecular flexibility index (Phi) is 5.68. The van der Waals surface area contributed by atoms with Gasteiger partial charge in [-0.2, -0.15) is 0 Å². The molecule has 0 saturated carbocycles. The summed E-state index contributed by atoms with van der Waals surface area (Å²) in [7, 11) is 3.11. The van der Waals surface area contributed by atoms with E-state index in [1.54, 1.807) is 68.8 Å². The van der Waals surface area contributed by atoms with Crippen LogP contribution in [0.15, 0.2) is 103 Å². The number of anilines is 1. The molecular weight excluding hydrogens is 514 g/mol. The van der Waals surface area contributed by atoms with Crippen molar-refractivity contribution in [2.24, 2.45) is 5.41 Å². The number of rotatable bonds is 5. The Labute approximate surface area is 237 Å². The molecule has 0 amide bonds. The van der Waals surface area contributed by atoms with Crippen LogP contribution in [-0.4, -0.2) is 43.7 Å². The molecule has 2 heterocycles. The van der Waals surface area contributed by atoms with Crippen LogP contribution in [0.2, 0.25) is 0 Å². The fraction of sp³-hybridized carbons (Fsp3) is 0.171. The zero-order valence-electron chi connectivity index (χ0n) is 22.6. The molecule has 1 fully saturated rings. The molecular formula is C35H27NO5. The molecule has 0 bridgehead atoms. The maximum atomic E-state index is 14.8. The van der Waals surface area contributed by atoms with Crippen LogP contribution in [-0.2, 0) is 0 Å². The highest BCUT2D eigenvalue weighted by Gasteiger charge is 2.72. The van der Waals surface area contributed by atoms with Gasteiger partial charge < -0.3 is 14.4 Å². The number of nitrogens with zero attached hydrogens (tertiary/aromatic N) is 1. The monoisotopic (exact) mass is 541 g/mol. The lowest BCUT2D eigenvalue weighted by Gasteiger charge is -2.37. The van der Waals surface area contributed by atoms with E-state index in [9.17, 15) is 14.4 Å². The van der Waals surface area contributed by atoms with Gasteiger partial charge in [0.2, 0.25) is 0 Å². The fourth-order valence-electron chi connectivity index (χ4n) is 7.12. The minimum atomic E-state index is -1.61. The number of carbonyl (C=O) groups excluding carboxylic acids is 3. The molecule has 3 aliphatic rings. The highest BCUT2D eigenvalue weighted by molar-refractivity contribution is 6.32. The number of benzene rings is 4. The van der Waals surface area contributed by atoms with Crippen molar-refractivity contribution < 1.29 is 23.9 Å². The van der Waals surface area contributed by atoms with Crippen LogP contribution < -0.4 is 14.4 Å². The Morgan fingerprint density at radius 2 is 1.44 bits per heavy atom. The third-order valence-corrected chi connectivity index (χ3v) is 8.81. The third-order valence-electron chi connectivity index (χ3n) is 8.81. The van der Waals surface area contributed by atoms with Crippen LogP contribution in [0.4, 0.5) is 5.69 Å². The molecule has 1 aliphatic carbocycles. The molecule has 3 unspecified atom stereocenters. The minimum Gasteiger partial charge on any atom is -0.497 e. The summed E-state index contributed by atoms with van der Waals surface area (Å²) in [5, 5.41) is 0. The number of methoxy groups -OCH3 is 2. The van der Waals surface area contributed by atoms with E-state index in [1.165, 1.54) is 0 Å². The molecule has 0 aromatic heterocycles. The lowest BCUT2D eigenvalue weighted by Crippen LogP contribution is -2.48. The van der Waals surface area contributed by atoms with Crippen molar-refractivity contribution in [3.05, 3.63) is 131 Å². The smallest absolute Gasteiger partial charge is 0.185 e. The molecule has 1 saturated heterocycles. The van der Waals surface area contributed by atoms with Crippen LogP contribution in [0.5, 0.6) is 11.5 Å². The average molecular weight is 542 g/mol. The van der Waals surface area contributed by atoms with Gasteiger partial charge >= 0.3 is 0 Å². The lowest BCUT2D eigenvalue weighted by molar-refractivity contribution is 0.0664. The third kappa shape index (κ3) is 3.34. The summed E-state index contributed by atoms with van der Waals surface area (Å²) < 4.78 is 11.4. The van der Waals surface area contributed by atoms with E-state index >= 15 is 0 Å². The maximum absolute atomic E-state index is 14.8. The van der Waals surface area contributed by atoms with E-state index in [0.29, 0.717) is 33.8 Å². The molecule has 6 heteroatoms. The number of ether oxygens (including phenoxy) is 2. The summed E-state index contributed by atoms with van der Waals surface area (Å²) in [5.41, 5.74) is 1.95. The first-order valence-corrected chi connectivity index (χ1v) is 13.6. The van der Waals surface area contributed by atoms with E-state index in [-0.39, 0.29) is 17.3 Å². The molecule has 4 aromatic carbocycles. The maximum Gasteiger partial charge on any atom is 0.185 e. The highest BCUT2D eigenvalue weighted by Crippen LogP contribution is 2.62. The van der Waals surface area contributed by atoms with E-state index in [2.05, 4.69) is 0 Å². The predicted octanol–water partition coefficient (Wildman–Crippen LogP) is 6.02. The van der Waals surface area contributed by atoms with Crippen molar-refractivity contribution >= 4 is 29.1 Å². The van der Waals surface area contributed by atoms with Crippen LogP contribution in [0.1, 0.15) is 48.1 Å². The normalized spacial score (nSPS) is 21.4. The Hall–Kier alpha value is -4.97. The second-order valence-corrected chi connectivity index (χ2v) is 10.6. The molecule has 41 heavy (non-hydrogen) atoms. The molecule has 3 atom stereocenters. The summed E-state index contributed by atoms with van der Waals surface area (Å²) in [5.74, 6) is -0.601. The van der Waals surface area contributed by atoms with Crippen molar-refractivity contribution in [1.29, 1.82) is 0 Å². The summed E-state index contributed by atoms with van der Waals surface area (Å²) in [6.45, 7) is 0. The van der Waals surface area contributed by atoms with Gasteiger partial charge in [-0.1, -0.05) is 84.9 Å². The molecule has 6 nitrogen and oxygen atoms in total. The standard InChI is InChI=1S/C35H27NO5/c1-40-23-17-18-28(41-2)26(20-23)30-31(32(37)22-11-4-3-5-12-22)36-27-15-9-6-10-21(27)16-19-29(36)35(30)33(38)24-13-7-8-14-25(24)34(35)39/h3-20,29-31H,1-2H3. The van der Waals surface area contributed by atoms with E-state index in [1.807, 2.05) is 59.5 Å².